The van der Waals surface area contributed by atoms with Crippen LogP contribution in [0, 0.1) is 0 Å². The number of carbonyl (C=O) groups excluding carboxylic acids is 1. The SMILES string of the molecule is Br.CCCCCCCCCCC1=C(CCCCCCCCCC)N(CC(=O)C2CCCCCCN2)CS1. The van der Waals surface area contributed by atoms with Gasteiger partial charge in [0.1, 0.15) is 0 Å². The summed E-state index contributed by atoms with van der Waals surface area (Å²) in [5.74, 6) is 1.43. The van der Waals surface area contributed by atoms with Crippen LogP contribution >= 0.6 is 28.7 Å². The van der Waals surface area contributed by atoms with Crippen molar-refractivity contribution in [1.82, 2.24) is 10.2 Å². The Balaban J connectivity index is 0.00000684. The van der Waals surface area contributed by atoms with Crippen LogP contribution in [0.25, 0.3) is 0 Å². The van der Waals surface area contributed by atoms with Crippen molar-refractivity contribution >= 4 is 34.5 Å². The number of unbranched alkanes of at least 4 members (excludes halogenated alkanes) is 14. The smallest absolute Gasteiger partial charge is 0.168 e. The predicted molar refractivity (Wildman–Crippen MR) is 171 cm³/mol. The van der Waals surface area contributed by atoms with Gasteiger partial charge in [0.15, 0.2) is 5.78 Å². The molecule has 37 heavy (non-hydrogen) atoms. The van der Waals surface area contributed by atoms with Crippen molar-refractivity contribution in [3.63, 3.8) is 0 Å². The van der Waals surface area contributed by atoms with Gasteiger partial charge in [-0.05, 0) is 45.1 Å². The third kappa shape index (κ3) is 16.0. The summed E-state index contributed by atoms with van der Waals surface area (Å²) in [7, 11) is 0. The molecule has 1 saturated heterocycles. The molecule has 1 unspecified atom stereocenters. The van der Waals surface area contributed by atoms with Crippen LogP contribution in [-0.4, -0.2) is 35.7 Å². The molecule has 0 amide bonds. The fraction of sp³-hybridized carbons (Fsp3) is 0.906. The molecule has 0 bridgehead atoms. The molecule has 2 rings (SSSR count). The summed E-state index contributed by atoms with van der Waals surface area (Å²) in [6.45, 7) is 6.22. The quantitative estimate of drug-likeness (QED) is 0.133. The Morgan fingerprint density at radius 3 is 1.92 bits per heavy atom. The molecule has 1 N–H and O–H groups in total. The maximum Gasteiger partial charge on any atom is 0.168 e. The van der Waals surface area contributed by atoms with E-state index in [1.165, 1.54) is 147 Å². The van der Waals surface area contributed by atoms with Crippen LogP contribution in [0.15, 0.2) is 10.6 Å². The minimum Gasteiger partial charge on any atom is -0.357 e. The van der Waals surface area contributed by atoms with Crippen LogP contribution < -0.4 is 5.32 Å². The Bertz CT molecular complexity index is 589. The van der Waals surface area contributed by atoms with Gasteiger partial charge in [0, 0.05) is 10.6 Å². The van der Waals surface area contributed by atoms with Crippen LogP contribution in [0.4, 0.5) is 0 Å². The zero-order valence-corrected chi connectivity index (χ0v) is 27.2. The molecule has 0 aromatic rings. The van der Waals surface area contributed by atoms with Crippen molar-refractivity contribution in [3.05, 3.63) is 10.6 Å². The normalized spacial score (nSPS) is 18.5. The number of nitrogens with zero attached hydrogens (tertiary/aromatic N) is 1. The zero-order chi connectivity index (χ0) is 25.7. The van der Waals surface area contributed by atoms with Gasteiger partial charge in [0.05, 0.1) is 18.5 Å². The summed E-state index contributed by atoms with van der Waals surface area (Å²) >= 11 is 2.04. The largest absolute Gasteiger partial charge is 0.357 e. The molecule has 1 fully saturated rings. The van der Waals surface area contributed by atoms with Crippen molar-refractivity contribution in [2.45, 2.75) is 168 Å². The first kappa shape index (κ1) is 35.0. The number of carbonyl (C=O) groups is 1. The van der Waals surface area contributed by atoms with E-state index in [0.29, 0.717) is 12.3 Å². The fourth-order valence-corrected chi connectivity index (χ4v) is 7.02. The number of Topliss-reactive ketones (excluding diaryl/α,β-unsaturated/α-hetero) is 1. The lowest BCUT2D eigenvalue weighted by atomic mass is 10.00. The minimum atomic E-state index is 0. The number of ketones is 1. The van der Waals surface area contributed by atoms with Gasteiger partial charge in [-0.15, -0.1) is 28.7 Å². The highest BCUT2D eigenvalue weighted by atomic mass is 79.9. The lowest BCUT2D eigenvalue weighted by Crippen LogP contribution is -2.43. The van der Waals surface area contributed by atoms with Crippen LogP contribution in [0.1, 0.15) is 162 Å². The van der Waals surface area contributed by atoms with Crippen molar-refractivity contribution in [2.24, 2.45) is 0 Å². The summed E-state index contributed by atoms with van der Waals surface area (Å²) < 4.78 is 0. The molecule has 0 saturated carbocycles. The molecule has 0 radical (unpaired) electrons. The molecule has 5 heteroatoms. The second-order valence-corrected chi connectivity index (χ2v) is 12.5. The predicted octanol–water partition coefficient (Wildman–Crippen LogP) is 10.3. The van der Waals surface area contributed by atoms with E-state index in [2.05, 4.69) is 24.1 Å². The molecule has 218 valence electrons. The topological polar surface area (TPSA) is 32.3 Å². The van der Waals surface area contributed by atoms with E-state index in [1.807, 2.05) is 11.8 Å². The summed E-state index contributed by atoms with van der Waals surface area (Å²) in [6, 6.07) is 0.0800. The van der Waals surface area contributed by atoms with Gasteiger partial charge in [0.2, 0.25) is 0 Å². The van der Waals surface area contributed by atoms with E-state index < -0.39 is 0 Å². The van der Waals surface area contributed by atoms with Crippen molar-refractivity contribution in [2.75, 3.05) is 19.0 Å². The zero-order valence-electron chi connectivity index (χ0n) is 24.6. The van der Waals surface area contributed by atoms with E-state index in [9.17, 15) is 4.79 Å². The van der Waals surface area contributed by atoms with Gasteiger partial charge in [-0.2, -0.15) is 0 Å². The highest BCUT2D eigenvalue weighted by Crippen LogP contribution is 2.38. The third-order valence-corrected chi connectivity index (χ3v) is 9.40. The van der Waals surface area contributed by atoms with Gasteiger partial charge in [-0.3, -0.25) is 4.79 Å². The van der Waals surface area contributed by atoms with Gasteiger partial charge in [-0.25, -0.2) is 0 Å². The fourth-order valence-electron chi connectivity index (χ4n) is 5.77. The molecule has 0 spiro atoms. The number of halogens is 1. The van der Waals surface area contributed by atoms with Gasteiger partial charge >= 0.3 is 0 Å². The number of allylic oxidation sites excluding steroid dienone is 2. The molecule has 0 aromatic heterocycles. The van der Waals surface area contributed by atoms with Gasteiger partial charge < -0.3 is 10.2 Å². The second-order valence-electron chi connectivity index (χ2n) is 11.5. The van der Waals surface area contributed by atoms with E-state index >= 15 is 0 Å². The van der Waals surface area contributed by atoms with Crippen LogP contribution in [-0.2, 0) is 4.79 Å². The first-order chi connectivity index (χ1) is 17.8. The average Bonchev–Trinajstić information content (AvgIpc) is 3.23. The number of hydrogen-bond donors (Lipinski definition) is 1. The van der Waals surface area contributed by atoms with Crippen molar-refractivity contribution in [3.8, 4) is 0 Å². The first-order valence-corrected chi connectivity index (χ1v) is 17.1. The standard InChI is InChI=1S/C32H60N2OS.BrH/c1-3-5-7-9-11-13-15-20-24-30-32(25-21-16-14-12-10-8-6-4-2)36-28-34(30)27-31(35)29-23-19-17-18-22-26-33-29;/h29,33H,3-28H2,1-2H3;1H. The summed E-state index contributed by atoms with van der Waals surface area (Å²) in [6.07, 6.45) is 30.5. The lowest BCUT2D eigenvalue weighted by Gasteiger charge is -2.26. The highest BCUT2D eigenvalue weighted by Gasteiger charge is 2.27. The Morgan fingerprint density at radius 1 is 0.757 bits per heavy atom. The Kier molecular flexibility index (Phi) is 22.6. The Morgan fingerprint density at radius 2 is 1.30 bits per heavy atom. The van der Waals surface area contributed by atoms with E-state index in [4.69, 9.17) is 0 Å². The van der Waals surface area contributed by atoms with Crippen molar-refractivity contribution < 1.29 is 4.79 Å². The molecule has 0 aromatic carbocycles. The van der Waals surface area contributed by atoms with Crippen LogP contribution in [0.3, 0.4) is 0 Å². The molecule has 3 nitrogen and oxygen atoms in total. The molecule has 2 aliphatic heterocycles. The molecule has 2 heterocycles. The second kappa shape index (κ2) is 23.9. The summed E-state index contributed by atoms with van der Waals surface area (Å²) in [5, 5.41) is 3.57. The molecular formula is C32H61BrN2OS. The maximum atomic E-state index is 13.2. The van der Waals surface area contributed by atoms with Crippen molar-refractivity contribution in [1.29, 1.82) is 0 Å². The molecule has 2 aliphatic rings. The third-order valence-electron chi connectivity index (χ3n) is 8.17. The van der Waals surface area contributed by atoms with E-state index in [1.54, 1.807) is 4.91 Å². The maximum absolute atomic E-state index is 13.2. The van der Waals surface area contributed by atoms with Gasteiger partial charge in [0.25, 0.3) is 0 Å². The molecule has 0 aliphatic carbocycles. The van der Waals surface area contributed by atoms with Crippen LogP contribution in [0.2, 0.25) is 0 Å². The molecular weight excluding hydrogens is 540 g/mol. The number of thioether (sulfide) groups is 1. The average molecular weight is 602 g/mol. The van der Waals surface area contributed by atoms with Gasteiger partial charge in [-0.1, -0.05) is 123 Å². The van der Waals surface area contributed by atoms with Crippen LogP contribution in [0.5, 0.6) is 0 Å². The number of nitrogens with one attached hydrogen (secondary N) is 1. The summed E-state index contributed by atoms with van der Waals surface area (Å²) in [4.78, 5) is 17.3. The molecule has 1 atom stereocenters. The highest BCUT2D eigenvalue weighted by molar-refractivity contribution is 8.93. The van der Waals surface area contributed by atoms with E-state index in [-0.39, 0.29) is 23.0 Å². The lowest BCUT2D eigenvalue weighted by molar-refractivity contribution is -0.121. The Labute approximate surface area is 245 Å². The Hall–Kier alpha value is -0.0000000000000000555. The summed E-state index contributed by atoms with van der Waals surface area (Å²) in [5.41, 5.74) is 1.54. The number of rotatable bonds is 21. The van der Waals surface area contributed by atoms with E-state index in [0.717, 1.165) is 18.8 Å². The number of hydrogen-bond acceptors (Lipinski definition) is 4. The minimum absolute atomic E-state index is 0. The first-order valence-electron chi connectivity index (χ1n) is 16.1. The monoisotopic (exact) mass is 600 g/mol.